The third-order valence-corrected chi connectivity index (χ3v) is 3.35. The maximum absolute atomic E-state index is 6.07. The fraction of sp³-hybridized carbons (Fsp3) is 0.357. The molecule has 1 aromatic heterocycles. The Morgan fingerprint density at radius 3 is 2.44 bits per heavy atom. The average Bonchev–Trinajstić information content (AvgIpc) is 2.61. The Bertz CT molecular complexity index is 582. The molecular formula is C14H20N4. The summed E-state index contributed by atoms with van der Waals surface area (Å²) in [5, 5.41) is 0. The molecule has 0 saturated heterocycles. The molecule has 1 aromatic carbocycles. The highest BCUT2D eigenvalue weighted by atomic mass is 15.4. The number of rotatable bonds is 2. The monoisotopic (exact) mass is 244 g/mol. The molecule has 0 spiro atoms. The van der Waals surface area contributed by atoms with Gasteiger partial charge in [0, 0.05) is 11.5 Å². The highest BCUT2D eigenvalue weighted by molar-refractivity contribution is 5.74. The minimum absolute atomic E-state index is 0.246. The SMILES string of the molecule is Cc1cccc(-c2nc(C(C)C)n(N)c2N)c1C. The Morgan fingerprint density at radius 1 is 1.22 bits per heavy atom. The summed E-state index contributed by atoms with van der Waals surface area (Å²) in [4.78, 5) is 4.59. The van der Waals surface area contributed by atoms with Crippen molar-refractivity contribution in [2.45, 2.75) is 33.6 Å². The van der Waals surface area contributed by atoms with Crippen molar-refractivity contribution in [3.8, 4) is 11.3 Å². The molecule has 0 atom stereocenters. The van der Waals surface area contributed by atoms with Crippen LogP contribution in [0.15, 0.2) is 18.2 Å². The fourth-order valence-corrected chi connectivity index (χ4v) is 2.08. The van der Waals surface area contributed by atoms with Crippen molar-refractivity contribution in [1.29, 1.82) is 0 Å². The molecule has 96 valence electrons. The van der Waals surface area contributed by atoms with E-state index in [0.717, 1.165) is 17.1 Å². The molecule has 0 aliphatic heterocycles. The zero-order chi connectivity index (χ0) is 13.4. The number of hydrogen-bond acceptors (Lipinski definition) is 3. The Labute approximate surface area is 108 Å². The molecule has 0 aliphatic rings. The molecule has 0 radical (unpaired) electrons. The summed E-state index contributed by atoms with van der Waals surface area (Å²) >= 11 is 0. The van der Waals surface area contributed by atoms with Crippen LogP contribution in [0.25, 0.3) is 11.3 Å². The molecule has 4 N–H and O–H groups in total. The molecule has 4 nitrogen and oxygen atoms in total. The van der Waals surface area contributed by atoms with Crippen LogP contribution < -0.4 is 11.6 Å². The van der Waals surface area contributed by atoms with Crippen LogP contribution >= 0.6 is 0 Å². The molecule has 4 heteroatoms. The Morgan fingerprint density at radius 2 is 1.89 bits per heavy atom. The second-order valence-corrected chi connectivity index (χ2v) is 4.98. The van der Waals surface area contributed by atoms with Gasteiger partial charge in [-0.05, 0) is 25.0 Å². The molecule has 0 fully saturated rings. The van der Waals surface area contributed by atoms with Crippen LogP contribution in [-0.4, -0.2) is 9.66 Å². The van der Waals surface area contributed by atoms with Crippen molar-refractivity contribution < 1.29 is 0 Å². The van der Waals surface area contributed by atoms with Gasteiger partial charge in [0.1, 0.15) is 11.5 Å². The lowest BCUT2D eigenvalue weighted by molar-refractivity contribution is 0.739. The summed E-state index contributed by atoms with van der Waals surface area (Å²) < 4.78 is 1.49. The topological polar surface area (TPSA) is 69.9 Å². The quantitative estimate of drug-likeness (QED) is 0.798. The molecule has 2 rings (SSSR count). The van der Waals surface area contributed by atoms with Gasteiger partial charge < -0.3 is 11.6 Å². The van der Waals surface area contributed by atoms with Gasteiger partial charge in [0.05, 0.1) is 0 Å². The van der Waals surface area contributed by atoms with Gasteiger partial charge in [-0.15, -0.1) is 0 Å². The summed E-state index contributed by atoms with van der Waals surface area (Å²) in [6.45, 7) is 8.27. The first-order chi connectivity index (χ1) is 8.43. The summed E-state index contributed by atoms with van der Waals surface area (Å²) in [6.07, 6.45) is 0. The molecule has 0 bridgehead atoms. The van der Waals surface area contributed by atoms with E-state index in [-0.39, 0.29) is 5.92 Å². The summed E-state index contributed by atoms with van der Waals surface area (Å²) in [6, 6.07) is 6.13. The first-order valence-corrected chi connectivity index (χ1v) is 6.13. The van der Waals surface area contributed by atoms with Gasteiger partial charge in [-0.1, -0.05) is 32.0 Å². The van der Waals surface area contributed by atoms with E-state index < -0.39 is 0 Å². The Kier molecular flexibility index (Phi) is 3.03. The van der Waals surface area contributed by atoms with Crippen molar-refractivity contribution in [2.24, 2.45) is 0 Å². The van der Waals surface area contributed by atoms with Crippen LogP contribution in [0.2, 0.25) is 0 Å². The van der Waals surface area contributed by atoms with Crippen LogP contribution in [0.1, 0.15) is 36.7 Å². The van der Waals surface area contributed by atoms with Gasteiger partial charge in [-0.3, -0.25) is 0 Å². The summed E-state index contributed by atoms with van der Waals surface area (Å²) in [5.74, 6) is 7.53. The molecule has 0 saturated carbocycles. The van der Waals surface area contributed by atoms with Crippen molar-refractivity contribution in [3.05, 3.63) is 35.2 Å². The lowest BCUT2D eigenvalue weighted by atomic mass is 10.0. The lowest BCUT2D eigenvalue weighted by Crippen LogP contribution is -2.16. The summed E-state index contributed by atoms with van der Waals surface area (Å²) in [7, 11) is 0. The molecule has 2 aromatic rings. The van der Waals surface area contributed by atoms with E-state index in [1.54, 1.807) is 0 Å². The Balaban J connectivity index is 2.65. The smallest absolute Gasteiger partial charge is 0.150 e. The maximum atomic E-state index is 6.07. The number of imidazole rings is 1. The van der Waals surface area contributed by atoms with E-state index in [4.69, 9.17) is 11.6 Å². The molecule has 0 amide bonds. The third kappa shape index (κ3) is 1.83. The highest BCUT2D eigenvalue weighted by Gasteiger charge is 2.18. The van der Waals surface area contributed by atoms with Gasteiger partial charge in [-0.25, -0.2) is 9.66 Å². The molecule has 18 heavy (non-hydrogen) atoms. The van der Waals surface area contributed by atoms with Gasteiger partial charge in [0.25, 0.3) is 0 Å². The number of nitrogens with zero attached hydrogens (tertiary/aromatic N) is 2. The van der Waals surface area contributed by atoms with E-state index in [9.17, 15) is 0 Å². The first-order valence-electron chi connectivity index (χ1n) is 6.13. The highest BCUT2D eigenvalue weighted by Crippen LogP contribution is 2.30. The number of aryl methyl sites for hydroxylation is 1. The normalized spacial score (nSPS) is 11.2. The fourth-order valence-electron chi connectivity index (χ4n) is 2.08. The standard InChI is InChI=1S/C14H20N4/c1-8(2)14-17-12(13(15)18(14)16)11-7-5-6-9(3)10(11)4/h5-8H,15-16H2,1-4H3. The van der Waals surface area contributed by atoms with Crippen molar-refractivity contribution >= 4 is 5.82 Å². The minimum atomic E-state index is 0.246. The van der Waals surface area contributed by atoms with Gasteiger partial charge in [0.2, 0.25) is 0 Å². The Hall–Kier alpha value is -1.97. The van der Waals surface area contributed by atoms with Crippen LogP contribution in [0.5, 0.6) is 0 Å². The van der Waals surface area contributed by atoms with E-state index in [2.05, 4.69) is 38.7 Å². The largest absolute Gasteiger partial charge is 0.382 e. The number of anilines is 1. The van der Waals surface area contributed by atoms with E-state index in [1.165, 1.54) is 15.8 Å². The van der Waals surface area contributed by atoms with Crippen molar-refractivity contribution in [1.82, 2.24) is 9.66 Å². The maximum Gasteiger partial charge on any atom is 0.150 e. The second kappa shape index (κ2) is 4.37. The molecule has 1 heterocycles. The molecule has 0 unspecified atom stereocenters. The van der Waals surface area contributed by atoms with Crippen LogP contribution in [0.3, 0.4) is 0 Å². The third-order valence-electron chi connectivity index (χ3n) is 3.35. The number of aromatic nitrogens is 2. The van der Waals surface area contributed by atoms with Crippen LogP contribution in [0, 0.1) is 13.8 Å². The van der Waals surface area contributed by atoms with Gasteiger partial charge >= 0.3 is 0 Å². The number of nitrogen functional groups attached to an aromatic ring is 2. The van der Waals surface area contributed by atoms with Crippen LogP contribution in [-0.2, 0) is 0 Å². The predicted molar refractivity (Wildman–Crippen MR) is 75.8 cm³/mol. The molecule has 0 aliphatic carbocycles. The van der Waals surface area contributed by atoms with Gasteiger partial charge in [-0.2, -0.15) is 0 Å². The number of hydrogen-bond donors (Lipinski definition) is 2. The van der Waals surface area contributed by atoms with E-state index in [1.807, 2.05) is 12.1 Å². The summed E-state index contributed by atoms with van der Waals surface area (Å²) in [5.41, 5.74) is 10.3. The number of benzene rings is 1. The average molecular weight is 244 g/mol. The van der Waals surface area contributed by atoms with Gasteiger partial charge in [0.15, 0.2) is 5.82 Å². The first kappa shape index (κ1) is 12.5. The lowest BCUT2D eigenvalue weighted by Gasteiger charge is -2.07. The second-order valence-electron chi connectivity index (χ2n) is 4.98. The zero-order valence-corrected chi connectivity index (χ0v) is 11.4. The van der Waals surface area contributed by atoms with E-state index in [0.29, 0.717) is 5.82 Å². The predicted octanol–water partition coefficient (Wildman–Crippen LogP) is 2.59. The minimum Gasteiger partial charge on any atom is -0.382 e. The van der Waals surface area contributed by atoms with Crippen LogP contribution in [0.4, 0.5) is 5.82 Å². The number of nitrogens with two attached hydrogens (primary N) is 2. The van der Waals surface area contributed by atoms with Crippen molar-refractivity contribution in [2.75, 3.05) is 11.6 Å². The molecular weight excluding hydrogens is 224 g/mol. The van der Waals surface area contributed by atoms with Crippen molar-refractivity contribution in [3.63, 3.8) is 0 Å². The van der Waals surface area contributed by atoms with E-state index >= 15 is 0 Å². The zero-order valence-electron chi connectivity index (χ0n) is 11.4.